The third-order valence-electron chi connectivity index (χ3n) is 1.67. The second kappa shape index (κ2) is 4.23. The fourth-order valence-corrected chi connectivity index (χ4v) is 1.27. The molecule has 0 heterocycles. The SMILES string of the molecule is Cc1ccc(Br)cc1NC(=O)C(N)=O. The van der Waals surface area contributed by atoms with Crippen LogP contribution < -0.4 is 11.1 Å². The number of benzene rings is 1. The van der Waals surface area contributed by atoms with E-state index in [0.29, 0.717) is 5.69 Å². The van der Waals surface area contributed by atoms with Crippen molar-refractivity contribution in [2.45, 2.75) is 6.92 Å². The third-order valence-corrected chi connectivity index (χ3v) is 2.16. The summed E-state index contributed by atoms with van der Waals surface area (Å²) in [6.45, 7) is 1.82. The summed E-state index contributed by atoms with van der Waals surface area (Å²) in [5, 5.41) is 2.41. The van der Waals surface area contributed by atoms with E-state index in [0.717, 1.165) is 10.0 Å². The quantitative estimate of drug-likeness (QED) is 0.741. The lowest BCUT2D eigenvalue weighted by molar-refractivity contribution is -0.134. The van der Waals surface area contributed by atoms with Gasteiger partial charge in [-0.15, -0.1) is 0 Å². The number of rotatable bonds is 1. The number of amides is 2. The first-order chi connectivity index (χ1) is 6.50. The average Bonchev–Trinajstić information content (AvgIpc) is 2.11. The first-order valence-corrected chi connectivity index (χ1v) is 4.67. The summed E-state index contributed by atoms with van der Waals surface area (Å²) in [5.41, 5.74) is 6.25. The predicted molar refractivity (Wildman–Crippen MR) is 56.7 cm³/mol. The number of primary amides is 1. The van der Waals surface area contributed by atoms with Crippen LogP contribution in [-0.2, 0) is 9.59 Å². The zero-order valence-electron chi connectivity index (χ0n) is 7.50. The van der Waals surface area contributed by atoms with Gasteiger partial charge < -0.3 is 11.1 Å². The van der Waals surface area contributed by atoms with Gasteiger partial charge in [-0.05, 0) is 24.6 Å². The zero-order valence-corrected chi connectivity index (χ0v) is 9.09. The molecule has 1 aromatic rings. The van der Waals surface area contributed by atoms with Crippen molar-refractivity contribution < 1.29 is 9.59 Å². The standard InChI is InChI=1S/C9H9BrN2O2/c1-5-2-3-6(10)4-7(5)12-9(14)8(11)13/h2-4H,1H3,(H2,11,13)(H,12,14). The molecule has 4 nitrogen and oxygen atoms in total. The Hall–Kier alpha value is -1.36. The smallest absolute Gasteiger partial charge is 0.313 e. The predicted octanol–water partition coefficient (Wildman–Crippen LogP) is 1.18. The number of nitrogens with one attached hydrogen (secondary N) is 1. The van der Waals surface area contributed by atoms with Crippen molar-refractivity contribution in [1.29, 1.82) is 0 Å². The largest absolute Gasteiger partial charge is 0.361 e. The highest BCUT2D eigenvalue weighted by molar-refractivity contribution is 9.10. The van der Waals surface area contributed by atoms with Crippen molar-refractivity contribution in [2.75, 3.05) is 5.32 Å². The molecule has 0 atom stereocenters. The van der Waals surface area contributed by atoms with E-state index < -0.39 is 11.8 Å². The molecule has 0 aliphatic heterocycles. The van der Waals surface area contributed by atoms with Crippen molar-refractivity contribution >= 4 is 33.4 Å². The molecule has 0 aliphatic rings. The summed E-state index contributed by atoms with van der Waals surface area (Å²) in [7, 11) is 0. The average molecular weight is 257 g/mol. The van der Waals surface area contributed by atoms with Crippen LogP contribution in [0.3, 0.4) is 0 Å². The summed E-state index contributed by atoms with van der Waals surface area (Å²) in [6.07, 6.45) is 0. The molecule has 0 saturated carbocycles. The van der Waals surface area contributed by atoms with Crippen LogP contribution in [0.4, 0.5) is 5.69 Å². The van der Waals surface area contributed by atoms with Crippen LogP contribution in [0.15, 0.2) is 22.7 Å². The maximum Gasteiger partial charge on any atom is 0.313 e. The summed E-state index contributed by atoms with van der Waals surface area (Å²) in [5.74, 6) is -1.81. The molecule has 3 N–H and O–H groups in total. The summed E-state index contributed by atoms with van der Waals surface area (Å²) < 4.78 is 0.822. The van der Waals surface area contributed by atoms with Gasteiger partial charge in [0.25, 0.3) is 0 Å². The van der Waals surface area contributed by atoms with Gasteiger partial charge in [0.05, 0.1) is 0 Å². The van der Waals surface area contributed by atoms with Crippen molar-refractivity contribution in [2.24, 2.45) is 5.73 Å². The Labute approximate surface area is 89.6 Å². The van der Waals surface area contributed by atoms with Gasteiger partial charge >= 0.3 is 11.8 Å². The minimum atomic E-state index is -0.996. The van der Waals surface area contributed by atoms with Gasteiger partial charge in [-0.25, -0.2) is 0 Å². The highest BCUT2D eigenvalue weighted by Crippen LogP contribution is 2.20. The van der Waals surface area contributed by atoms with Crippen LogP contribution in [0, 0.1) is 6.92 Å². The number of halogens is 1. The Morgan fingerprint density at radius 1 is 1.43 bits per heavy atom. The van der Waals surface area contributed by atoms with Crippen molar-refractivity contribution in [3.8, 4) is 0 Å². The first kappa shape index (κ1) is 10.7. The van der Waals surface area contributed by atoms with E-state index >= 15 is 0 Å². The van der Waals surface area contributed by atoms with Crippen molar-refractivity contribution in [1.82, 2.24) is 0 Å². The first-order valence-electron chi connectivity index (χ1n) is 3.87. The summed E-state index contributed by atoms with van der Waals surface area (Å²) in [4.78, 5) is 21.5. The lowest BCUT2D eigenvalue weighted by atomic mass is 10.2. The van der Waals surface area contributed by atoms with Crippen LogP contribution in [0.5, 0.6) is 0 Å². The number of hydrogen-bond acceptors (Lipinski definition) is 2. The molecule has 2 amide bonds. The van der Waals surface area contributed by atoms with E-state index in [9.17, 15) is 9.59 Å². The third kappa shape index (κ3) is 2.56. The lowest BCUT2D eigenvalue weighted by Crippen LogP contribution is -2.29. The second-order valence-corrected chi connectivity index (χ2v) is 3.69. The Morgan fingerprint density at radius 2 is 2.07 bits per heavy atom. The molecule has 0 radical (unpaired) electrons. The fourth-order valence-electron chi connectivity index (χ4n) is 0.913. The van der Waals surface area contributed by atoms with Crippen LogP contribution in [0.2, 0.25) is 0 Å². The van der Waals surface area contributed by atoms with Crippen LogP contribution in [0.1, 0.15) is 5.56 Å². The molecular weight excluding hydrogens is 248 g/mol. The molecule has 1 aromatic carbocycles. The molecule has 0 bridgehead atoms. The number of anilines is 1. The van der Waals surface area contributed by atoms with Gasteiger partial charge in [-0.2, -0.15) is 0 Å². The molecule has 0 aliphatic carbocycles. The maximum absolute atomic E-state index is 11.0. The van der Waals surface area contributed by atoms with E-state index in [4.69, 9.17) is 5.73 Å². The molecule has 0 unspecified atom stereocenters. The maximum atomic E-state index is 11.0. The fraction of sp³-hybridized carbons (Fsp3) is 0.111. The van der Waals surface area contributed by atoms with Crippen molar-refractivity contribution in [3.63, 3.8) is 0 Å². The van der Waals surface area contributed by atoms with E-state index in [1.807, 2.05) is 19.1 Å². The summed E-state index contributed by atoms with van der Waals surface area (Å²) >= 11 is 3.26. The van der Waals surface area contributed by atoms with Gasteiger partial charge in [-0.3, -0.25) is 9.59 Å². The van der Waals surface area contributed by atoms with Gasteiger partial charge in [0.1, 0.15) is 0 Å². The van der Waals surface area contributed by atoms with Crippen molar-refractivity contribution in [3.05, 3.63) is 28.2 Å². The van der Waals surface area contributed by atoms with E-state index in [-0.39, 0.29) is 0 Å². The number of nitrogens with two attached hydrogens (primary N) is 1. The molecule has 14 heavy (non-hydrogen) atoms. The zero-order chi connectivity index (χ0) is 10.7. The lowest BCUT2D eigenvalue weighted by Gasteiger charge is -2.06. The number of aryl methyl sites for hydroxylation is 1. The van der Waals surface area contributed by atoms with Crippen LogP contribution >= 0.6 is 15.9 Å². The Balaban J connectivity index is 2.91. The Bertz CT molecular complexity index is 390. The minimum Gasteiger partial charge on any atom is -0.361 e. The molecule has 0 saturated heterocycles. The molecule has 5 heteroatoms. The monoisotopic (exact) mass is 256 g/mol. The van der Waals surface area contributed by atoms with E-state index in [1.54, 1.807) is 6.07 Å². The Morgan fingerprint density at radius 3 is 2.64 bits per heavy atom. The van der Waals surface area contributed by atoms with Gasteiger partial charge in [0.2, 0.25) is 0 Å². The molecule has 1 rings (SSSR count). The van der Waals surface area contributed by atoms with Gasteiger partial charge in [0.15, 0.2) is 0 Å². The molecular formula is C9H9BrN2O2. The summed E-state index contributed by atoms with van der Waals surface area (Å²) in [6, 6.07) is 5.37. The van der Waals surface area contributed by atoms with Crippen LogP contribution in [0.25, 0.3) is 0 Å². The normalized spacial score (nSPS) is 9.57. The topological polar surface area (TPSA) is 72.2 Å². The molecule has 74 valence electrons. The highest BCUT2D eigenvalue weighted by Gasteiger charge is 2.09. The number of hydrogen-bond donors (Lipinski definition) is 2. The van der Waals surface area contributed by atoms with E-state index in [1.165, 1.54) is 0 Å². The minimum absolute atomic E-state index is 0.572. The van der Waals surface area contributed by atoms with Gasteiger partial charge in [-0.1, -0.05) is 22.0 Å². The van der Waals surface area contributed by atoms with Gasteiger partial charge in [0, 0.05) is 10.2 Å². The van der Waals surface area contributed by atoms with Crippen LogP contribution in [-0.4, -0.2) is 11.8 Å². The molecule has 0 spiro atoms. The highest BCUT2D eigenvalue weighted by atomic mass is 79.9. The van der Waals surface area contributed by atoms with E-state index in [2.05, 4.69) is 21.2 Å². The number of carbonyl (C=O) groups is 2. The molecule has 0 fully saturated rings. The second-order valence-electron chi connectivity index (χ2n) is 2.78. The number of carbonyl (C=O) groups excluding carboxylic acids is 2. The Kier molecular flexibility index (Phi) is 3.24. The molecule has 0 aromatic heterocycles.